The normalized spacial score (nSPS) is 10.2. The van der Waals surface area contributed by atoms with Crippen molar-refractivity contribution in [3.05, 3.63) is 72.1 Å². The maximum Gasteiger partial charge on any atom is 0.249 e. The first-order valence-corrected chi connectivity index (χ1v) is 7.08. The van der Waals surface area contributed by atoms with Gasteiger partial charge in [0.05, 0.1) is 6.54 Å². The summed E-state index contributed by atoms with van der Waals surface area (Å²) in [5.74, 6) is 0. The Morgan fingerprint density at radius 2 is 1.67 bits per heavy atom. The lowest BCUT2D eigenvalue weighted by atomic mass is 10.1. The number of benzene rings is 2. The molecule has 0 aliphatic carbocycles. The van der Waals surface area contributed by atoms with Crippen LogP contribution in [0.4, 0.5) is 0 Å². The van der Waals surface area contributed by atoms with Crippen LogP contribution in [-0.4, -0.2) is 4.57 Å². The van der Waals surface area contributed by atoms with Gasteiger partial charge in [-0.25, -0.2) is 9.13 Å². The highest BCUT2D eigenvalue weighted by atomic mass is 79.9. The van der Waals surface area contributed by atoms with E-state index in [9.17, 15) is 0 Å². The molecular formula is C17H16BrClN2. The van der Waals surface area contributed by atoms with Crippen molar-refractivity contribution >= 4 is 11.6 Å². The Hall–Kier alpha value is -1.58. The average Bonchev–Trinajstić information content (AvgIpc) is 2.93. The van der Waals surface area contributed by atoms with Crippen molar-refractivity contribution in [3.8, 4) is 16.9 Å². The molecule has 3 rings (SSSR count). The molecule has 0 fully saturated rings. The largest absolute Gasteiger partial charge is 1.00 e. The van der Waals surface area contributed by atoms with E-state index in [0.717, 1.165) is 17.3 Å². The predicted octanol–water partition coefficient (Wildman–Crippen LogP) is 1.11. The molecule has 0 saturated carbocycles. The van der Waals surface area contributed by atoms with E-state index in [-0.39, 0.29) is 17.0 Å². The molecular weight excluding hydrogens is 348 g/mol. The zero-order valence-corrected chi connectivity index (χ0v) is 14.1. The fourth-order valence-corrected chi connectivity index (χ4v) is 2.43. The van der Waals surface area contributed by atoms with Crippen LogP contribution in [0.3, 0.4) is 0 Å². The minimum absolute atomic E-state index is 0. The number of aromatic nitrogens is 2. The molecule has 2 nitrogen and oxygen atoms in total. The topological polar surface area (TPSA) is 8.81 Å². The van der Waals surface area contributed by atoms with Gasteiger partial charge in [-0.15, -0.1) is 0 Å². The van der Waals surface area contributed by atoms with E-state index in [4.69, 9.17) is 11.6 Å². The smallest absolute Gasteiger partial charge is 0.249 e. The van der Waals surface area contributed by atoms with Gasteiger partial charge in [-0.3, -0.25) is 0 Å². The number of aryl methyl sites for hydroxylation is 1. The summed E-state index contributed by atoms with van der Waals surface area (Å²) >= 11 is 5.96. The molecule has 0 aliphatic rings. The third kappa shape index (κ3) is 3.36. The lowest BCUT2D eigenvalue weighted by molar-refractivity contribution is -0.682. The summed E-state index contributed by atoms with van der Waals surface area (Å²) in [7, 11) is 0. The van der Waals surface area contributed by atoms with Crippen molar-refractivity contribution < 1.29 is 21.5 Å². The summed E-state index contributed by atoms with van der Waals surface area (Å²) in [5, 5.41) is 0.763. The molecule has 0 radical (unpaired) electrons. The molecule has 0 aliphatic heterocycles. The molecule has 0 unspecified atom stereocenters. The van der Waals surface area contributed by atoms with E-state index in [0.29, 0.717) is 0 Å². The molecule has 1 aromatic heterocycles. The Bertz CT molecular complexity index is 705. The zero-order chi connectivity index (χ0) is 13.9. The van der Waals surface area contributed by atoms with Crippen molar-refractivity contribution in [2.75, 3.05) is 0 Å². The lowest BCUT2D eigenvalue weighted by Crippen LogP contribution is -3.00. The molecule has 0 N–H and O–H groups in total. The first-order valence-electron chi connectivity index (χ1n) is 6.70. The van der Waals surface area contributed by atoms with E-state index in [2.05, 4.69) is 52.8 Å². The Morgan fingerprint density at radius 3 is 2.29 bits per heavy atom. The van der Waals surface area contributed by atoms with Gasteiger partial charge in [-0.1, -0.05) is 29.8 Å². The quantitative estimate of drug-likeness (QED) is 0.617. The molecule has 21 heavy (non-hydrogen) atoms. The van der Waals surface area contributed by atoms with E-state index in [1.807, 2.05) is 30.3 Å². The van der Waals surface area contributed by atoms with Crippen molar-refractivity contribution in [3.63, 3.8) is 0 Å². The molecule has 2 aromatic carbocycles. The second kappa shape index (κ2) is 6.92. The van der Waals surface area contributed by atoms with E-state index in [1.54, 1.807) is 0 Å². The first-order chi connectivity index (χ1) is 9.78. The number of hydrogen-bond donors (Lipinski definition) is 0. The highest BCUT2D eigenvalue weighted by molar-refractivity contribution is 6.30. The third-order valence-corrected chi connectivity index (χ3v) is 3.62. The number of nitrogens with zero attached hydrogens (tertiary/aromatic N) is 2. The standard InChI is InChI=1S/C17H16ClN2.BrH/c1-2-19-13-20(16-6-4-3-5-7-16)12-17(19)14-8-10-15(18)11-9-14;/h3-13H,2H2,1H3;1H/q+1;/p-1. The van der Waals surface area contributed by atoms with Gasteiger partial charge in [-0.05, 0) is 43.3 Å². The predicted molar refractivity (Wildman–Crippen MR) is 82.1 cm³/mol. The maximum absolute atomic E-state index is 5.96. The van der Waals surface area contributed by atoms with E-state index < -0.39 is 0 Å². The van der Waals surface area contributed by atoms with Crippen LogP contribution in [0.15, 0.2) is 67.1 Å². The Labute approximate surface area is 140 Å². The van der Waals surface area contributed by atoms with Gasteiger partial charge in [0.15, 0.2) is 5.69 Å². The number of rotatable bonds is 3. The summed E-state index contributed by atoms with van der Waals surface area (Å²) in [5.41, 5.74) is 3.52. The third-order valence-electron chi connectivity index (χ3n) is 3.37. The molecule has 3 aromatic rings. The van der Waals surface area contributed by atoms with Crippen LogP contribution in [0.25, 0.3) is 16.9 Å². The number of para-hydroxylation sites is 1. The van der Waals surface area contributed by atoms with Crippen LogP contribution in [-0.2, 0) is 6.54 Å². The van der Waals surface area contributed by atoms with Gasteiger partial charge in [0, 0.05) is 10.6 Å². The van der Waals surface area contributed by atoms with E-state index >= 15 is 0 Å². The highest BCUT2D eigenvalue weighted by Crippen LogP contribution is 2.20. The SMILES string of the molecule is CC[n+]1cn(-c2ccccc2)cc1-c1ccc(Cl)cc1.[Br-]. The fourth-order valence-electron chi connectivity index (χ4n) is 2.31. The maximum atomic E-state index is 5.96. The number of halogens is 2. The molecule has 0 saturated heterocycles. The molecule has 4 heteroatoms. The highest BCUT2D eigenvalue weighted by Gasteiger charge is 2.15. The fraction of sp³-hybridized carbons (Fsp3) is 0.118. The molecule has 0 atom stereocenters. The van der Waals surface area contributed by atoms with Gasteiger partial charge >= 0.3 is 0 Å². The van der Waals surface area contributed by atoms with Gasteiger partial charge < -0.3 is 17.0 Å². The van der Waals surface area contributed by atoms with Crippen molar-refractivity contribution in [2.24, 2.45) is 0 Å². The zero-order valence-electron chi connectivity index (χ0n) is 11.7. The first kappa shape index (κ1) is 15.8. The average molecular weight is 364 g/mol. The van der Waals surface area contributed by atoms with Gasteiger partial charge in [-0.2, -0.15) is 0 Å². The molecule has 1 heterocycles. The van der Waals surface area contributed by atoms with Crippen LogP contribution < -0.4 is 21.5 Å². The second-order valence-electron chi connectivity index (χ2n) is 4.67. The van der Waals surface area contributed by atoms with Crippen LogP contribution >= 0.6 is 11.6 Å². The van der Waals surface area contributed by atoms with Crippen LogP contribution in [0.2, 0.25) is 5.02 Å². The van der Waals surface area contributed by atoms with Gasteiger partial charge in [0.1, 0.15) is 11.9 Å². The van der Waals surface area contributed by atoms with Crippen LogP contribution in [0.5, 0.6) is 0 Å². The minimum Gasteiger partial charge on any atom is -1.00 e. The molecule has 0 spiro atoms. The summed E-state index contributed by atoms with van der Waals surface area (Å²) in [6.45, 7) is 3.08. The number of hydrogen-bond acceptors (Lipinski definition) is 0. The molecule has 108 valence electrons. The van der Waals surface area contributed by atoms with Crippen molar-refractivity contribution in [1.82, 2.24) is 4.57 Å². The van der Waals surface area contributed by atoms with E-state index in [1.165, 1.54) is 11.3 Å². The Balaban J connectivity index is 0.00000161. The Kier molecular flexibility index (Phi) is 5.21. The van der Waals surface area contributed by atoms with Crippen molar-refractivity contribution in [1.29, 1.82) is 0 Å². The molecule has 0 amide bonds. The Morgan fingerprint density at radius 1 is 1.00 bits per heavy atom. The summed E-state index contributed by atoms with van der Waals surface area (Å²) in [6.07, 6.45) is 4.28. The van der Waals surface area contributed by atoms with Gasteiger partial charge in [0.2, 0.25) is 6.33 Å². The van der Waals surface area contributed by atoms with Crippen LogP contribution in [0.1, 0.15) is 6.92 Å². The second-order valence-corrected chi connectivity index (χ2v) is 5.10. The van der Waals surface area contributed by atoms with Crippen molar-refractivity contribution in [2.45, 2.75) is 13.5 Å². The minimum atomic E-state index is 0. The summed E-state index contributed by atoms with van der Waals surface area (Å²) < 4.78 is 4.38. The summed E-state index contributed by atoms with van der Waals surface area (Å²) in [4.78, 5) is 0. The number of imidazole rings is 1. The van der Waals surface area contributed by atoms with Gasteiger partial charge in [0.25, 0.3) is 0 Å². The summed E-state index contributed by atoms with van der Waals surface area (Å²) in [6, 6.07) is 18.3. The molecule has 0 bridgehead atoms. The lowest BCUT2D eigenvalue weighted by Gasteiger charge is -1.98. The monoisotopic (exact) mass is 362 g/mol. The van der Waals surface area contributed by atoms with Crippen LogP contribution in [0, 0.1) is 0 Å².